The predicted molar refractivity (Wildman–Crippen MR) is 143 cm³/mol. The van der Waals surface area contributed by atoms with Gasteiger partial charge in [0.05, 0.1) is 11.8 Å². The van der Waals surface area contributed by atoms with Crippen molar-refractivity contribution in [2.24, 2.45) is 5.10 Å². The molecule has 172 valence electrons. The van der Waals surface area contributed by atoms with E-state index in [9.17, 15) is 9.59 Å². The van der Waals surface area contributed by atoms with Gasteiger partial charge in [-0.3, -0.25) is 4.79 Å². The number of aromatic nitrogens is 1. The first-order valence-corrected chi connectivity index (χ1v) is 12.2. The van der Waals surface area contributed by atoms with Crippen molar-refractivity contribution in [1.29, 1.82) is 0 Å². The molecule has 5 rings (SSSR count). The van der Waals surface area contributed by atoms with Crippen molar-refractivity contribution in [3.63, 3.8) is 0 Å². The zero-order chi connectivity index (χ0) is 24.4. The number of benzene rings is 3. The second-order valence-corrected chi connectivity index (χ2v) is 9.75. The molecule has 6 nitrogen and oxygen atoms in total. The lowest BCUT2D eigenvalue weighted by atomic mass is 10.0. The van der Waals surface area contributed by atoms with Crippen LogP contribution in [0.2, 0.25) is 0 Å². The maximum absolute atomic E-state index is 13.1. The van der Waals surface area contributed by atoms with Gasteiger partial charge in [0.1, 0.15) is 5.69 Å². The number of thiophene rings is 1. The number of amides is 1. The number of aromatic carboxylic acids is 1. The lowest BCUT2D eigenvalue weighted by Gasteiger charge is -2.04. The van der Waals surface area contributed by atoms with Crippen LogP contribution in [0.1, 0.15) is 25.7 Å². The largest absolute Gasteiger partial charge is 0.478 e. The van der Waals surface area contributed by atoms with Crippen molar-refractivity contribution < 1.29 is 14.7 Å². The third-order valence-corrected chi connectivity index (χ3v) is 7.01. The van der Waals surface area contributed by atoms with E-state index in [0.717, 1.165) is 41.8 Å². The molecule has 0 radical (unpaired) electrons. The summed E-state index contributed by atoms with van der Waals surface area (Å²) in [5.74, 6) is -1.29. The Balaban J connectivity index is 1.37. The number of hydrogen-bond acceptors (Lipinski definition) is 4. The molecule has 0 aliphatic rings. The minimum atomic E-state index is -0.954. The highest BCUT2D eigenvalue weighted by Crippen LogP contribution is 2.34. The summed E-state index contributed by atoms with van der Waals surface area (Å²) in [5.41, 5.74) is 6.84. The zero-order valence-corrected chi connectivity index (χ0v) is 20.6. The second-order valence-electron chi connectivity index (χ2n) is 7.71. The molecule has 0 spiro atoms. The molecule has 3 N–H and O–H groups in total. The SMILES string of the molecule is O=C(O)c1ccc(-c2ccc(/C=N/NC(=O)c3[nH]c4ccc(Br)cc4c3-c3ccccc3)s2)cc1. The first-order chi connectivity index (χ1) is 17.0. The molecule has 0 fully saturated rings. The normalized spacial score (nSPS) is 11.2. The molecule has 2 heterocycles. The number of carbonyl (C=O) groups excluding carboxylic acids is 1. The number of aromatic amines is 1. The smallest absolute Gasteiger partial charge is 0.335 e. The Morgan fingerprint density at radius 3 is 2.46 bits per heavy atom. The fourth-order valence-electron chi connectivity index (χ4n) is 3.80. The van der Waals surface area contributed by atoms with Gasteiger partial charge in [-0.15, -0.1) is 11.3 Å². The molecular weight excluding hydrogens is 526 g/mol. The van der Waals surface area contributed by atoms with E-state index >= 15 is 0 Å². The van der Waals surface area contributed by atoms with E-state index < -0.39 is 5.97 Å². The fourth-order valence-corrected chi connectivity index (χ4v) is 5.05. The van der Waals surface area contributed by atoms with Crippen LogP contribution in [0.15, 0.2) is 94.5 Å². The van der Waals surface area contributed by atoms with Gasteiger partial charge in [-0.05, 0) is 53.6 Å². The van der Waals surface area contributed by atoms with Crippen molar-refractivity contribution in [2.45, 2.75) is 0 Å². The van der Waals surface area contributed by atoms with Gasteiger partial charge in [0.25, 0.3) is 5.91 Å². The average molecular weight is 544 g/mol. The Hall–Kier alpha value is -4.01. The number of nitrogens with zero attached hydrogens (tertiary/aromatic N) is 1. The van der Waals surface area contributed by atoms with E-state index in [-0.39, 0.29) is 11.5 Å². The third kappa shape index (κ3) is 4.80. The van der Waals surface area contributed by atoms with Crippen LogP contribution < -0.4 is 5.43 Å². The van der Waals surface area contributed by atoms with Crippen molar-refractivity contribution in [1.82, 2.24) is 10.4 Å². The number of carboxylic acid groups (broad SMARTS) is 1. The highest BCUT2D eigenvalue weighted by atomic mass is 79.9. The van der Waals surface area contributed by atoms with Gasteiger partial charge in [0, 0.05) is 30.7 Å². The van der Waals surface area contributed by atoms with Crippen molar-refractivity contribution >= 4 is 56.3 Å². The van der Waals surface area contributed by atoms with Gasteiger partial charge in [0.15, 0.2) is 0 Å². The van der Waals surface area contributed by atoms with Crippen LogP contribution in [0.5, 0.6) is 0 Å². The van der Waals surface area contributed by atoms with Gasteiger partial charge in [-0.2, -0.15) is 5.10 Å². The molecule has 2 aromatic heterocycles. The summed E-state index contributed by atoms with van der Waals surface area (Å²) in [6, 6.07) is 26.2. The zero-order valence-electron chi connectivity index (χ0n) is 18.2. The predicted octanol–water partition coefficient (Wildman–Crippen LogP) is 6.79. The van der Waals surface area contributed by atoms with Crippen LogP contribution in [0.4, 0.5) is 0 Å². The van der Waals surface area contributed by atoms with E-state index in [4.69, 9.17) is 5.11 Å². The van der Waals surface area contributed by atoms with E-state index in [2.05, 4.69) is 31.4 Å². The van der Waals surface area contributed by atoms with Crippen molar-refractivity contribution in [2.75, 3.05) is 0 Å². The van der Waals surface area contributed by atoms with E-state index in [1.165, 1.54) is 11.3 Å². The third-order valence-electron chi connectivity index (χ3n) is 5.45. The van der Waals surface area contributed by atoms with E-state index in [1.807, 2.05) is 60.7 Å². The number of fused-ring (bicyclic) bond motifs is 1. The van der Waals surface area contributed by atoms with Gasteiger partial charge in [-0.1, -0.05) is 58.4 Å². The molecule has 0 bridgehead atoms. The number of carboxylic acids is 1. The van der Waals surface area contributed by atoms with Crippen LogP contribution in [-0.4, -0.2) is 28.2 Å². The summed E-state index contributed by atoms with van der Waals surface area (Å²) in [6.45, 7) is 0. The molecule has 0 saturated carbocycles. The average Bonchev–Trinajstić information content (AvgIpc) is 3.49. The van der Waals surface area contributed by atoms with Gasteiger partial charge < -0.3 is 10.1 Å². The Kier molecular flexibility index (Phi) is 6.31. The maximum atomic E-state index is 13.1. The summed E-state index contributed by atoms with van der Waals surface area (Å²) in [5, 5.41) is 14.2. The van der Waals surface area contributed by atoms with Gasteiger partial charge in [0.2, 0.25) is 0 Å². The van der Waals surface area contributed by atoms with Crippen LogP contribution in [-0.2, 0) is 0 Å². The summed E-state index contributed by atoms with van der Waals surface area (Å²) < 4.78 is 0.928. The highest BCUT2D eigenvalue weighted by molar-refractivity contribution is 9.10. The molecule has 0 atom stereocenters. The summed E-state index contributed by atoms with van der Waals surface area (Å²) in [7, 11) is 0. The quantitative estimate of drug-likeness (QED) is 0.162. The molecule has 0 saturated heterocycles. The standard InChI is InChI=1S/C27H18BrN3O3S/c28-19-10-12-22-21(14-19)24(17-4-2-1-3-5-17)25(30-22)26(32)31-29-15-20-11-13-23(35-20)16-6-8-18(9-7-16)27(33)34/h1-15,30H,(H,31,32)(H,33,34)/b29-15+. The van der Waals surface area contributed by atoms with Crippen LogP contribution in [0, 0.1) is 0 Å². The minimum absolute atomic E-state index is 0.244. The first kappa shape index (κ1) is 22.8. The minimum Gasteiger partial charge on any atom is -0.478 e. The number of carbonyl (C=O) groups is 2. The number of hydrogen-bond donors (Lipinski definition) is 3. The Morgan fingerprint density at radius 1 is 0.943 bits per heavy atom. The molecule has 35 heavy (non-hydrogen) atoms. The lowest BCUT2D eigenvalue weighted by Crippen LogP contribution is -2.18. The summed E-state index contributed by atoms with van der Waals surface area (Å²) in [6.07, 6.45) is 1.60. The number of H-pyrrole nitrogens is 1. The Bertz CT molecular complexity index is 1570. The Labute approximate surface area is 213 Å². The van der Waals surface area contributed by atoms with Gasteiger partial charge in [-0.25, -0.2) is 10.2 Å². The molecule has 1 amide bonds. The topological polar surface area (TPSA) is 94.5 Å². The number of hydrazone groups is 1. The molecule has 3 aromatic carbocycles. The molecular formula is C27H18BrN3O3S. The Morgan fingerprint density at radius 2 is 1.71 bits per heavy atom. The van der Waals surface area contributed by atoms with Crippen molar-refractivity contribution in [3.8, 4) is 21.6 Å². The molecule has 5 aromatic rings. The molecule has 8 heteroatoms. The monoisotopic (exact) mass is 543 g/mol. The highest BCUT2D eigenvalue weighted by Gasteiger charge is 2.19. The van der Waals surface area contributed by atoms with Crippen molar-refractivity contribution in [3.05, 3.63) is 106 Å². The fraction of sp³-hybridized carbons (Fsp3) is 0. The molecule has 0 unspecified atom stereocenters. The van der Waals surface area contributed by atoms with Crippen LogP contribution >= 0.6 is 27.3 Å². The second kappa shape index (κ2) is 9.69. The van der Waals surface area contributed by atoms with E-state index in [1.54, 1.807) is 30.5 Å². The first-order valence-electron chi connectivity index (χ1n) is 10.6. The molecule has 0 aliphatic heterocycles. The number of rotatable bonds is 6. The molecule has 0 aliphatic carbocycles. The lowest BCUT2D eigenvalue weighted by molar-refractivity contribution is 0.0696. The number of nitrogens with one attached hydrogen (secondary N) is 2. The number of halogens is 1. The van der Waals surface area contributed by atoms with Crippen LogP contribution in [0.3, 0.4) is 0 Å². The van der Waals surface area contributed by atoms with Crippen LogP contribution in [0.25, 0.3) is 32.5 Å². The summed E-state index contributed by atoms with van der Waals surface area (Å²) in [4.78, 5) is 29.2. The van der Waals surface area contributed by atoms with Gasteiger partial charge >= 0.3 is 5.97 Å². The van der Waals surface area contributed by atoms with E-state index in [0.29, 0.717) is 5.69 Å². The summed E-state index contributed by atoms with van der Waals surface area (Å²) >= 11 is 5.01. The maximum Gasteiger partial charge on any atom is 0.335 e.